The van der Waals surface area contributed by atoms with Crippen molar-refractivity contribution in [2.75, 3.05) is 26.4 Å². The van der Waals surface area contributed by atoms with Gasteiger partial charge in [-0.25, -0.2) is 0 Å². The second-order valence-electron chi connectivity index (χ2n) is 5.39. The summed E-state index contributed by atoms with van der Waals surface area (Å²) < 4.78 is 22.4. The first-order chi connectivity index (χ1) is 9.45. The molecule has 112 valence electrons. The van der Waals surface area contributed by atoms with Gasteiger partial charge in [0.15, 0.2) is 12.6 Å². The van der Waals surface area contributed by atoms with Gasteiger partial charge >= 0.3 is 0 Å². The van der Waals surface area contributed by atoms with Crippen molar-refractivity contribution in [2.45, 2.75) is 70.4 Å². The Morgan fingerprint density at radius 1 is 0.684 bits per heavy atom. The molecule has 4 heteroatoms. The van der Waals surface area contributed by atoms with Gasteiger partial charge in [-0.1, -0.05) is 0 Å². The first-order valence-corrected chi connectivity index (χ1v) is 7.91. The SMILES string of the molecule is C(CCOC1CCCCO1)CCOC1CCCCO1. The average molecular weight is 272 g/mol. The van der Waals surface area contributed by atoms with Crippen LogP contribution in [0.3, 0.4) is 0 Å². The summed E-state index contributed by atoms with van der Waals surface area (Å²) in [5.41, 5.74) is 0. The summed E-state index contributed by atoms with van der Waals surface area (Å²) >= 11 is 0. The Labute approximate surface area is 116 Å². The minimum Gasteiger partial charge on any atom is -0.353 e. The quantitative estimate of drug-likeness (QED) is 0.636. The van der Waals surface area contributed by atoms with Gasteiger partial charge in [0.1, 0.15) is 0 Å². The molecule has 4 nitrogen and oxygen atoms in total. The van der Waals surface area contributed by atoms with E-state index < -0.39 is 0 Å². The van der Waals surface area contributed by atoms with Gasteiger partial charge in [0.05, 0.1) is 0 Å². The lowest BCUT2D eigenvalue weighted by atomic mass is 10.2. The van der Waals surface area contributed by atoms with Crippen LogP contribution >= 0.6 is 0 Å². The van der Waals surface area contributed by atoms with Crippen molar-refractivity contribution >= 4 is 0 Å². The minimum atomic E-state index is 0.0561. The number of hydrogen-bond acceptors (Lipinski definition) is 4. The summed E-state index contributed by atoms with van der Waals surface area (Å²) in [7, 11) is 0. The average Bonchev–Trinajstić information content (AvgIpc) is 2.48. The maximum absolute atomic E-state index is 5.69. The van der Waals surface area contributed by atoms with E-state index in [2.05, 4.69) is 0 Å². The number of hydrogen-bond donors (Lipinski definition) is 0. The molecule has 0 aliphatic carbocycles. The highest BCUT2D eigenvalue weighted by Crippen LogP contribution is 2.15. The first-order valence-electron chi connectivity index (χ1n) is 7.91. The molecule has 2 rings (SSSR count). The molecule has 0 spiro atoms. The summed E-state index contributed by atoms with van der Waals surface area (Å²) in [4.78, 5) is 0. The molecular weight excluding hydrogens is 244 g/mol. The van der Waals surface area contributed by atoms with Crippen molar-refractivity contribution in [3.63, 3.8) is 0 Å². The molecule has 0 aromatic carbocycles. The van der Waals surface area contributed by atoms with Crippen molar-refractivity contribution in [1.29, 1.82) is 0 Å². The van der Waals surface area contributed by atoms with Crippen LogP contribution in [0.25, 0.3) is 0 Å². The zero-order chi connectivity index (χ0) is 13.2. The van der Waals surface area contributed by atoms with Gasteiger partial charge in [-0.3, -0.25) is 0 Å². The fraction of sp³-hybridized carbons (Fsp3) is 1.00. The highest BCUT2D eigenvalue weighted by atomic mass is 16.7. The third kappa shape index (κ3) is 6.70. The van der Waals surface area contributed by atoms with Crippen LogP contribution in [0.2, 0.25) is 0 Å². The molecule has 19 heavy (non-hydrogen) atoms. The Morgan fingerprint density at radius 2 is 1.21 bits per heavy atom. The largest absolute Gasteiger partial charge is 0.353 e. The molecule has 0 aromatic rings. The normalized spacial score (nSPS) is 28.4. The monoisotopic (exact) mass is 272 g/mol. The summed E-state index contributed by atoms with van der Waals surface area (Å²) in [6.45, 7) is 3.34. The Bertz CT molecular complexity index is 188. The summed E-state index contributed by atoms with van der Waals surface area (Å²) in [5.74, 6) is 0. The third-order valence-electron chi connectivity index (χ3n) is 3.67. The molecule has 2 unspecified atom stereocenters. The predicted molar refractivity (Wildman–Crippen MR) is 72.9 cm³/mol. The summed E-state index contributed by atoms with van der Waals surface area (Å²) in [5, 5.41) is 0. The Balaban J connectivity index is 1.35. The predicted octanol–water partition coefficient (Wildman–Crippen LogP) is 3.24. The lowest BCUT2D eigenvalue weighted by Gasteiger charge is -2.23. The number of unbranched alkanes of at least 4 members (excludes halogenated alkanes) is 2. The van der Waals surface area contributed by atoms with Crippen LogP contribution in [0.1, 0.15) is 57.8 Å². The van der Waals surface area contributed by atoms with Crippen LogP contribution in [0.5, 0.6) is 0 Å². The maximum atomic E-state index is 5.69. The molecule has 0 N–H and O–H groups in total. The first kappa shape index (κ1) is 15.2. The molecular formula is C15H28O4. The second kappa shape index (κ2) is 9.70. The van der Waals surface area contributed by atoms with Crippen LogP contribution in [-0.2, 0) is 18.9 Å². The molecule has 2 fully saturated rings. The topological polar surface area (TPSA) is 36.9 Å². The molecule has 2 heterocycles. The minimum absolute atomic E-state index is 0.0561. The van der Waals surface area contributed by atoms with Crippen LogP contribution in [0.4, 0.5) is 0 Å². The van der Waals surface area contributed by atoms with Crippen molar-refractivity contribution in [3.05, 3.63) is 0 Å². The lowest BCUT2D eigenvalue weighted by molar-refractivity contribution is -0.166. The van der Waals surface area contributed by atoms with Gasteiger partial charge < -0.3 is 18.9 Å². The van der Waals surface area contributed by atoms with Gasteiger partial charge in [0, 0.05) is 26.4 Å². The zero-order valence-electron chi connectivity index (χ0n) is 12.0. The lowest BCUT2D eigenvalue weighted by Crippen LogP contribution is -2.23. The van der Waals surface area contributed by atoms with Crippen molar-refractivity contribution in [1.82, 2.24) is 0 Å². The fourth-order valence-corrected chi connectivity index (χ4v) is 2.50. The van der Waals surface area contributed by atoms with E-state index in [1.54, 1.807) is 0 Å². The number of rotatable bonds is 8. The zero-order valence-corrected chi connectivity index (χ0v) is 12.0. The van der Waals surface area contributed by atoms with Crippen molar-refractivity contribution < 1.29 is 18.9 Å². The number of ether oxygens (including phenoxy) is 4. The van der Waals surface area contributed by atoms with Crippen LogP contribution in [0.15, 0.2) is 0 Å². The van der Waals surface area contributed by atoms with Crippen molar-refractivity contribution in [3.8, 4) is 0 Å². The van der Waals surface area contributed by atoms with E-state index in [1.807, 2.05) is 0 Å². The van der Waals surface area contributed by atoms with E-state index >= 15 is 0 Å². The van der Waals surface area contributed by atoms with Gasteiger partial charge in [0.2, 0.25) is 0 Å². The molecule has 2 aliphatic heterocycles. The van der Waals surface area contributed by atoms with Gasteiger partial charge in [-0.15, -0.1) is 0 Å². The smallest absolute Gasteiger partial charge is 0.157 e. The van der Waals surface area contributed by atoms with Crippen molar-refractivity contribution in [2.24, 2.45) is 0 Å². The van der Waals surface area contributed by atoms with E-state index in [-0.39, 0.29) is 12.6 Å². The maximum Gasteiger partial charge on any atom is 0.157 e. The summed E-state index contributed by atoms with van der Waals surface area (Å²) in [6, 6.07) is 0. The van der Waals surface area contributed by atoms with E-state index in [0.717, 1.165) is 58.5 Å². The highest BCUT2D eigenvalue weighted by molar-refractivity contribution is 4.55. The van der Waals surface area contributed by atoms with E-state index in [4.69, 9.17) is 18.9 Å². The Hall–Kier alpha value is -0.160. The molecule has 2 aliphatic rings. The molecule has 0 aromatic heterocycles. The van der Waals surface area contributed by atoms with E-state index in [0.29, 0.717) is 0 Å². The summed E-state index contributed by atoms with van der Waals surface area (Å²) in [6.07, 6.45) is 10.4. The second-order valence-corrected chi connectivity index (χ2v) is 5.39. The third-order valence-corrected chi connectivity index (χ3v) is 3.67. The standard InChI is InChI=1S/C15H28O4/c1(4-10-16-14-8-2-6-12-18-14)5-11-17-15-9-3-7-13-19-15/h14-15H,1-13H2. The van der Waals surface area contributed by atoms with E-state index in [9.17, 15) is 0 Å². The van der Waals surface area contributed by atoms with Crippen LogP contribution < -0.4 is 0 Å². The Morgan fingerprint density at radius 3 is 1.63 bits per heavy atom. The van der Waals surface area contributed by atoms with Crippen LogP contribution in [0, 0.1) is 0 Å². The van der Waals surface area contributed by atoms with E-state index in [1.165, 1.54) is 25.7 Å². The van der Waals surface area contributed by atoms with Crippen LogP contribution in [-0.4, -0.2) is 39.0 Å². The molecule has 0 bridgehead atoms. The highest BCUT2D eigenvalue weighted by Gasteiger charge is 2.14. The molecule has 2 atom stereocenters. The molecule has 2 saturated heterocycles. The molecule has 0 amide bonds. The van der Waals surface area contributed by atoms with Gasteiger partial charge in [0.25, 0.3) is 0 Å². The molecule has 0 saturated carbocycles. The fourth-order valence-electron chi connectivity index (χ4n) is 2.50. The molecule has 0 radical (unpaired) electrons. The van der Waals surface area contributed by atoms with Gasteiger partial charge in [-0.2, -0.15) is 0 Å². The van der Waals surface area contributed by atoms with Gasteiger partial charge in [-0.05, 0) is 57.8 Å². The Kier molecular flexibility index (Phi) is 7.78.